The number of carbonyl (C=O) groups excluding carboxylic acids is 2. The first-order chi connectivity index (χ1) is 21.6. The summed E-state index contributed by atoms with van der Waals surface area (Å²) in [5, 5.41) is 0. The van der Waals surface area contributed by atoms with E-state index in [-0.39, 0.29) is 13.2 Å². The zero-order valence-electron chi connectivity index (χ0n) is 24.0. The molecule has 0 unspecified atom stereocenters. The molecule has 0 saturated carbocycles. The molecule has 0 spiro atoms. The normalized spacial score (nSPS) is 26.2. The highest BCUT2D eigenvalue weighted by Crippen LogP contribution is 2.40. The van der Waals surface area contributed by atoms with Gasteiger partial charge in [-0.1, -0.05) is 72.8 Å². The summed E-state index contributed by atoms with van der Waals surface area (Å²) < 4.78 is 37.5. The first-order valence-corrected chi connectivity index (χ1v) is 14.5. The molecule has 3 heterocycles. The summed E-state index contributed by atoms with van der Waals surface area (Å²) in [5.41, 5.74) is 2.40. The van der Waals surface area contributed by atoms with E-state index < -0.39 is 48.7 Å². The Kier molecular flexibility index (Phi) is 7.84. The summed E-state index contributed by atoms with van der Waals surface area (Å²) in [5.74, 6) is 0.239. The predicted molar refractivity (Wildman–Crippen MR) is 158 cm³/mol. The zero-order chi connectivity index (χ0) is 30.0. The van der Waals surface area contributed by atoms with Crippen LogP contribution in [0.5, 0.6) is 11.5 Å². The van der Waals surface area contributed by atoms with E-state index in [1.54, 1.807) is 55.6 Å². The Bertz CT molecular complexity index is 1580. The number of hydrogen-bond donors (Lipinski definition) is 0. The molecule has 9 nitrogen and oxygen atoms in total. The van der Waals surface area contributed by atoms with E-state index in [1.807, 2.05) is 60.7 Å². The van der Waals surface area contributed by atoms with E-state index >= 15 is 0 Å². The molecule has 0 radical (unpaired) electrons. The molecule has 224 valence electrons. The first kappa shape index (κ1) is 28.2. The second-order valence-corrected chi connectivity index (χ2v) is 10.8. The molecule has 0 N–H and O–H groups in total. The van der Waals surface area contributed by atoms with E-state index in [9.17, 15) is 9.59 Å². The minimum Gasteiger partial charge on any atom is -0.497 e. The second-order valence-electron chi connectivity index (χ2n) is 10.8. The number of benzene rings is 4. The fourth-order valence-electron chi connectivity index (χ4n) is 5.93. The third-order valence-electron chi connectivity index (χ3n) is 8.10. The highest BCUT2D eigenvalue weighted by atomic mass is 16.8. The Hall–Kier alpha value is -4.54. The molecule has 0 aliphatic carbocycles. The molecule has 9 heteroatoms. The van der Waals surface area contributed by atoms with Crippen molar-refractivity contribution in [1.29, 1.82) is 0 Å². The topological polar surface area (TPSA) is 92.8 Å². The van der Waals surface area contributed by atoms with E-state index in [0.717, 1.165) is 11.1 Å². The number of ether oxygens (including phenoxy) is 6. The van der Waals surface area contributed by atoms with Crippen LogP contribution in [0.2, 0.25) is 0 Å². The van der Waals surface area contributed by atoms with Crippen LogP contribution in [0.1, 0.15) is 38.1 Å². The van der Waals surface area contributed by atoms with Gasteiger partial charge in [-0.3, -0.25) is 14.5 Å². The molecule has 4 aromatic carbocycles. The van der Waals surface area contributed by atoms with Gasteiger partial charge in [-0.25, -0.2) is 0 Å². The van der Waals surface area contributed by atoms with Crippen molar-refractivity contribution in [3.8, 4) is 11.5 Å². The van der Waals surface area contributed by atoms with Crippen LogP contribution in [0, 0.1) is 0 Å². The lowest BCUT2D eigenvalue weighted by Gasteiger charge is -2.50. The van der Waals surface area contributed by atoms with Crippen LogP contribution in [-0.2, 0) is 25.6 Å². The van der Waals surface area contributed by atoms with Crippen LogP contribution in [-0.4, -0.2) is 61.1 Å². The fraction of sp³-hybridized carbons (Fsp3) is 0.257. The fourth-order valence-corrected chi connectivity index (χ4v) is 5.93. The SMILES string of the molecule is COc1ccc(O[C@@H]2O[C@@H]3CO[C@@H](c4ccccc4)O[C@H]3[C@H](OCc3ccccc3)[C@H]2N2C(=O)c3ccccc3C2=O)cc1. The zero-order valence-corrected chi connectivity index (χ0v) is 24.0. The lowest BCUT2D eigenvalue weighted by Crippen LogP contribution is -2.68. The van der Waals surface area contributed by atoms with Gasteiger partial charge in [-0.05, 0) is 42.0 Å². The molecular formula is C35H31NO8. The summed E-state index contributed by atoms with van der Waals surface area (Å²) in [7, 11) is 1.58. The lowest BCUT2D eigenvalue weighted by atomic mass is 9.94. The number of amides is 2. The molecule has 44 heavy (non-hydrogen) atoms. The predicted octanol–water partition coefficient (Wildman–Crippen LogP) is 5.16. The first-order valence-electron chi connectivity index (χ1n) is 14.5. The molecule has 3 aliphatic heterocycles. The van der Waals surface area contributed by atoms with Crippen LogP contribution < -0.4 is 9.47 Å². The molecule has 3 aliphatic rings. The monoisotopic (exact) mass is 593 g/mol. The van der Waals surface area contributed by atoms with Gasteiger partial charge in [-0.2, -0.15) is 0 Å². The molecule has 2 fully saturated rings. The summed E-state index contributed by atoms with van der Waals surface area (Å²) in [4.78, 5) is 29.0. The number of rotatable bonds is 8. The summed E-state index contributed by atoms with van der Waals surface area (Å²) in [6, 6.07) is 32.1. The lowest BCUT2D eigenvalue weighted by molar-refractivity contribution is -0.344. The van der Waals surface area contributed by atoms with Gasteiger partial charge < -0.3 is 28.4 Å². The quantitative estimate of drug-likeness (QED) is 0.259. The van der Waals surface area contributed by atoms with Gasteiger partial charge in [-0.15, -0.1) is 0 Å². The van der Waals surface area contributed by atoms with Crippen molar-refractivity contribution in [2.24, 2.45) is 0 Å². The third-order valence-corrected chi connectivity index (χ3v) is 8.10. The minimum absolute atomic E-state index is 0.187. The van der Waals surface area contributed by atoms with Crippen LogP contribution in [0.3, 0.4) is 0 Å². The minimum atomic E-state index is -1.09. The van der Waals surface area contributed by atoms with Crippen LogP contribution >= 0.6 is 0 Å². The average Bonchev–Trinajstić information content (AvgIpc) is 3.33. The Morgan fingerprint density at radius 2 is 1.36 bits per heavy atom. The van der Waals surface area contributed by atoms with Crippen molar-refractivity contribution in [2.45, 2.75) is 43.5 Å². The number of methoxy groups -OCH3 is 1. The van der Waals surface area contributed by atoms with Gasteiger partial charge in [0.2, 0.25) is 6.29 Å². The van der Waals surface area contributed by atoms with Gasteiger partial charge >= 0.3 is 0 Å². The maximum atomic E-state index is 13.9. The van der Waals surface area contributed by atoms with Crippen LogP contribution in [0.25, 0.3) is 0 Å². The number of carbonyl (C=O) groups is 2. The number of fused-ring (bicyclic) bond motifs is 2. The summed E-state index contributed by atoms with van der Waals surface area (Å²) in [6.45, 7) is 0.399. The Morgan fingerprint density at radius 3 is 2.02 bits per heavy atom. The van der Waals surface area contributed by atoms with Gasteiger partial charge in [0.05, 0.1) is 31.5 Å². The number of imide groups is 1. The standard InChI is InChI=1S/C35H31NO8/c1-39-24-16-18-25(19-17-24)42-35-29(36-32(37)26-14-8-9-15-27(26)33(36)38)31(40-20-22-10-4-2-5-11-22)30-28(43-35)21-41-34(44-30)23-12-6-3-7-13-23/h2-19,28-31,34-35H,20-21H2,1H3/t28-,29-,30-,31-,34-,35-/m1/s1. The Morgan fingerprint density at radius 1 is 0.750 bits per heavy atom. The van der Waals surface area contributed by atoms with E-state index in [4.69, 9.17) is 28.4 Å². The van der Waals surface area contributed by atoms with Crippen molar-refractivity contribution >= 4 is 11.8 Å². The van der Waals surface area contributed by atoms with Gasteiger partial charge in [0, 0.05) is 5.56 Å². The third kappa shape index (κ3) is 5.35. The molecule has 2 amide bonds. The van der Waals surface area contributed by atoms with Crippen molar-refractivity contribution < 1.29 is 38.0 Å². The molecule has 0 bridgehead atoms. The van der Waals surface area contributed by atoms with Gasteiger partial charge in [0.1, 0.15) is 35.9 Å². The molecular weight excluding hydrogens is 562 g/mol. The number of hydrogen-bond acceptors (Lipinski definition) is 8. The largest absolute Gasteiger partial charge is 0.497 e. The summed E-state index contributed by atoms with van der Waals surface area (Å²) >= 11 is 0. The molecule has 2 saturated heterocycles. The van der Waals surface area contributed by atoms with E-state index in [0.29, 0.717) is 22.6 Å². The van der Waals surface area contributed by atoms with Crippen LogP contribution in [0.15, 0.2) is 109 Å². The highest BCUT2D eigenvalue weighted by molar-refractivity contribution is 6.21. The molecule has 0 aromatic heterocycles. The Labute approximate surface area is 254 Å². The van der Waals surface area contributed by atoms with Crippen molar-refractivity contribution in [3.05, 3.63) is 131 Å². The Balaban J connectivity index is 1.28. The number of nitrogens with zero attached hydrogens (tertiary/aromatic N) is 1. The molecule has 6 atom stereocenters. The second kappa shape index (κ2) is 12.2. The highest BCUT2D eigenvalue weighted by Gasteiger charge is 2.57. The van der Waals surface area contributed by atoms with Crippen molar-refractivity contribution in [1.82, 2.24) is 4.90 Å². The smallest absolute Gasteiger partial charge is 0.262 e. The van der Waals surface area contributed by atoms with E-state index in [1.165, 1.54) is 4.90 Å². The van der Waals surface area contributed by atoms with Crippen LogP contribution in [0.4, 0.5) is 0 Å². The van der Waals surface area contributed by atoms with Crippen molar-refractivity contribution in [3.63, 3.8) is 0 Å². The molecule has 7 rings (SSSR count). The van der Waals surface area contributed by atoms with Gasteiger partial charge in [0.25, 0.3) is 11.8 Å². The van der Waals surface area contributed by atoms with E-state index in [2.05, 4.69) is 0 Å². The maximum absolute atomic E-state index is 13.9. The van der Waals surface area contributed by atoms with Gasteiger partial charge in [0.15, 0.2) is 6.29 Å². The van der Waals surface area contributed by atoms with Crippen molar-refractivity contribution in [2.75, 3.05) is 13.7 Å². The summed E-state index contributed by atoms with van der Waals surface area (Å²) in [6.07, 6.45) is -3.90. The average molecular weight is 594 g/mol. The maximum Gasteiger partial charge on any atom is 0.262 e. The molecule has 4 aromatic rings.